The molecule has 1 unspecified atom stereocenters. The van der Waals surface area contributed by atoms with E-state index in [1.54, 1.807) is 7.11 Å². The number of nitrogens with zero attached hydrogens (tertiary/aromatic N) is 2. The van der Waals surface area contributed by atoms with Crippen molar-refractivity contribution in [3.8, 4) is 11.8 Å². The number of hydrogen-bond acceptors (Lipinski definition) is 3. The maximum absolute atomic E-state index is 8.85. The van der Waals surface area contributed by atoms with E-state index in [0.29, 0.717) is 0 Å². The number of methoxy groups -OCH3 is 1. The van der Waals surface area contributed by atoms with Gasteiger partial charge in [0, 0.05) is 6.54 Å². The van der Waals surface area contributed by atoms with Crippen LogP contribution in [0.15, 0.2) is 12.1 Å². The van der Waals surface area contributed by atoms with Gasteiger partial charge in [0.2, 0.25) is 0 Å². The van der Waals surface area contributed by atoms with E-state index in [-0.39, 0.29) is 6.04 Å². The minimum absolute atomic E-state index is 0.0366. The molecule has 0 N–H and O–H groups in total. The third-order valence-corrected chi connectivity index (χ3v) is 3.33. The van der Waals surface area contributed by atoms with Gasteiger partial charge in [-0.3, -0.25) is 4.90 Å². The molecule has 3 nitrogen and oxygen atoms in total. The average molecular weight is 246 g/mol. The molecule has 0 bridgehead atoms. The molecule has 1 atom stereocenters. The summed E-state index contributed by atoms with van der Waals surface area (Å²) in [5.74, 6) is 0.970. The number of hydrogen-bond donors (Lipinski definition) is 0. The van der Waals surface area contributed by atoms with E-state index in [4.69, 9.17) is 10.00 Å². The first-order valence-corrected chi connectivity index (χ1v) is 6.23. The lowest BCUT2D eigenvalue weighted by Gasteiger charge is -2.19. The predicted octanol–water partition coefficient (Wildman–Crippen LogP) is 2.70. The summed E-state index contributed by atoms with van der Waals surface area (Å²) in [6.45, 7) is 6.94. The summed E-state index contributed by atoms with van der Waals surface area (Å²) in [6, 6.07) is 6.54. The normalized spacial score (nSPS) is 12.3. The summed E-state index contributed by atoms with van der Waals surface area (Å²) in [4.78, 5) is 2.06. The van der Waals surface area contributed by atoms with Gasteiger partial charge in [-0.1, -0.05) is 12.1 Å². The van der Waals surface area contributed by atoms with E-state index in [0.717, 1.165) is 18.7 Å². The van der Waals surface area contributed by atoms with Gasteiger partial charge in [-0.25, -0.2) is 0 Å². The molecule has 1 rings (SSSR count). The molecule has 0 radical (unpaired) electrons. The van der Waals surface area contributed by atoms with Crippen LogP contribution in [0.3, 0.4) is 0 Å². The first-order valence-electron chi connectivity index (χ1n) is 6.23. The smallest absolute Gasteiger partial charge is 0.124 e. The van der Waals surface area contributed by atoms with E-state index in [9.17, 15) is 0 Å². The Bertz CT molecular complexity index is 425. The van der Waals surface area contributed by atoms with Gasteiger partial charge in [-0.2, -0.15) is 5.26 Å². The van der Waals surface area contributed by atoms with Crippen molar-refractivity contribution in [2.24, 2.45) is 0 Å². The van der Waals surface area contributed by atoms with Crippen LogP contribution in [0.1, 0.15) is 23.6 Å². The fraction of sp³-hybridized carbons (Fsp3) is 0.533. The summed E-state index contributed by atoms with van der Waals surface area (Å²) in [6.07, 6.45) is 0.953. The van der Waals surface area contributed by atoms with Crippen LogP contribution in [0.4, 0.5) is 0 Å². The lowest BCUT2D eigenvalue weighted by molar-refractivity contribution is 0.306. The average Bonchev–Trinajstić information content (AvgIpc) is 2.34. The van der Waals surface area contributed by atoms with Crippen LogP contribution in [0, 0.1) is 25.2 Å². The molecule has 0 heterocycles. The Hall–Kier alpha value is -1.53. The monoisotopic (exact) mass is 246 g/mol. The first-order chi connectivity index (χ1) is 8.49. The van der Waals surface area contributed by atoms with Gasteiger partial charge in [0.15, 0.2) is 0 Å². The van der Waals surface area contributed by atoms with Gasteiger partial charge in [0.1, 0.15) is 5.75 Å². The Balaban J connectivity index is 2.73. The van der Waals surface area contributed by atoms with E-state index in [1.807, 2.05) is 14.0 Å². The molecule has 0 saturated carbocycles. The summed E-state index contributed by atoms with van der Waals surface area (Å²) in [5, 5.41) is 8.85. The molecule has 0 spiro atoms. The van der Waals surface area contributed by atoms with Gasteiger partial charge in [0.05, 0.1) is 19.2 Å². The molecule has 1 aromatic carbocycles. The number of rotatable bonds is 5. The molecular formula is C15H22N2O. The maximum atomic E-state index is 8.85. The molecule has 0 fully saturated rings. The van der Waals surface area contributed by atoms with E-state index >= 15 is 0 Å². The number of likely N-dealkylation sites (N-methyl/N-ethyl adjacent to an activating group) is 1. The Labute approximate surface area is 110 Å². The van der Waals surface area contributed by atoms with Crippen LogP contribution in [0.2, 0.25) is 0 Å². The van der Waals surface area contributed by atoms with Crippen LogP contribution in [-0.2, 0) is 6.42 Å². The van der Waals surface area contributed by atoms with Gasteiger partial charge in [-0.15, -0.1) is 0 Å². The van der Waals surface area contributed by atoms with Crippen molar-refractivity contribution in [1.82, 2.24) is 4.90 Å². The highest BCUT2D eigenvalue weighted by molar-refractivity contribution is 5.43. The molecule has 0 aliphatic heterocycles. The lowest BCUT2D eigenvalue weighted by Crippen LogP contribution is -2.29. The van der Waals surface area contributed by atoms with Gasteiger partial charge in [-0.05, 0) is 50.9 Å². The van der Waals surface area contributed by atoms with Crippen molar-refractivity contribution in [3.05, 3.63) is 28.8 Å². The van der Waals surface area contributed by atoms with Gasteiger partial charge in [0.25, 0.3) is 0 Å². The van der Waals surface area contributed by atoms with Crippen molar-refractivity contribution in [1.29, 1.82) is 5.26 Å². The zero-order valence-electron chi connectivity index (χ0n) is 11.9. The van der Waals surface area contributed by atoms with Crippen molar-refractivity contribution in [3.63, 3.8) is 0 Å². The van der Waals surface area contributed by atoms with Crippen molar-refractivity contribution >= 4 is 0 Å². The zero-order valence-corrected chi connectivity index (χ0v) is 11.9. The number of benzene rings is 1. The standard InChI is InChI=1S/C15H22N2O/c1-11-8-14(9-12(2)15(11)18-5)6-7-17(4)13(3)10-16/h8-9,13H,6-7H2,1-5H3. The molecule has 98 valence electrons. The molecular weight excluding hydrogens is 224 g/mol. The number of nitriles is 1. The number of ether oxygens (including phenoxy) is 1. The van der Waals surface area contributed by atoms with E-state index in [1.165, 1.54) is 16.7 Å². The predicted molar refractivity (Wildman–Crippen MR) is 73.9 cm³/mol. The summed E-state index contributed by atoms with van der Waals surface area (Å²) in [7, 11) is 3.69. The fourth-order valence-electron chi connectivity index (χ4n) is 2.10. The summed E-state index contributed by atoms with van der Waals surface area (Å²) in [5.41, 5.74) is 3.63. The highest BCUT2D eigenvalue weighted by Crippen LogP contribution is 2.24. The van der Waals surface area contributed by atoms with Crippen LogP contribution < -0.4 is 4.74 Å². The van der Waals surface area contributed by atoms with Crippen LogP contribution in [-0.4, -0.2) is 31.6 Å². The highest BCUT2D eigenvalue weighted by atomic mass is 16.5. The van der Waals surface area contributed by atoms with Crippen molar-refractivity contribution < 1.29 is 4.74 Å². The Morgan fingerprint density at radius 2 is 1.89 bits per heavy atom. The SMILES string of the molecule is COc1c(C)cc(CCN(C)C(C)C#N)cc1C. The second-order valence-electron chi connectivity index (χ2n) is 4.80. The zero-order chi connectivity index (χ0) is 13.7. The minimum Gasteiger partial charge on any atom is -0.496 e. The molecule has 0 saturated heterocycles. The summed E-state index contributed by atoms with van der Waals surface area (Å²) < 4.78 is 5.36. The van der Waals surface area contributed by atoms with Gasteiger partial charge >= 0.3 is 0 Å². The van der Waals surface area contributed by atoms with Crippen LogP contribution in [0.5, 0.6) is 5.75 Å². The molecule has 1 aromatic rings. The maximum Gasteiger partial charge on any atom is 0.124 e. The molecule has 0 aromatic heterocycles. The largest absolute Gasteiger partial charge is 0.496 e. The molecule has 0 aliphatic carbocycles. The minimum atomic E-state index is -0.0366. The highest BCUT2D eigenvalue weighted by Gasteiger charge is 2.09. The lowest BCUT2D eigenvalue weighted by atomic mass is 10.0. The fourth-order valence-corrected chi connectivity index (χ4v) is 2.10. The summed E-state index contributed by atoms with van der Waals surface area (Å²) >= 11 is 0. The van der Waals surface area contributed by atoms with Crippen molar-refractivity contribution in [2.45, 2.75) is 33.2 Å². The van der Waals surface area contributed by atoms with Gasteiger partial charge < -0.3 is 4.74 Å². The molecule has 0 amide bonds. The molecule has 0 aliphatic rings. The first kappa shape index (κ1) is 14.5. The topological polar surface area (TPSA) is 36.3 Å². The van der Waals surface area contributed by atoms with E-state index < -0.39 is 0 Å². The Kier molecular flexibility index (Phi) is 5.18. The third-order valence-electron chi connectivity index (χ3n) is 3.33. The molecule has 18 heavy (non-hydrogen) atoms. The Morgan fingerprint density at radius 3 is 2.33 bits per heavy atom. The van der Waals surface area contributed by atoms with Crippen LogP contribution >= 0.6 is 0 Å². The number of aryl methyl sites for hydroxylation is 2. The quantitative estimate of drug-likeness (QED) is 0.801. The second kappa shape index (κ2) is 6.42. The third kappa shape index (κ3) is 3.48. The second-order valence-corrected chi connectivity index (χ2v) is 4.80. The van der Waals surface area contributed by atoms with Crippen LogP contribution in [0.25, 0.3) is 0 Å². The van der Waals surface area contributed by atoms with Crippen molar-refractivity contribution in [2.75, 3.05) is 20.7 Å². The molecule has 3 heteroatoms. The van der Waals surface area contributed by atoms with E-state index in [2.05, 4.69) is 36.9 Å². The Morgan fingerprint density at radius 1 is 1.33 bits per heavy atom.